The number of ether oxygens (including phenoxy) is 1. The minimum Gasteiger partial charge on any atom is -0.459 e. The van der Waals surface area contributed by atoms with E-state index in [4.69, 9.17) is 9.15 Å². The van der Waals surface area contributed by atoms with Crippen LogP contribution in [-0.2, 0) is 22.7 Å². The summed E-state index contributed by atoms with van der Waals surface area (Å²) in [6.07, 6.45) is 0. The molecule has 1 aromatic heterocycles. The van der Waals surface area contributed by atoms with E-state index in [1.165, 1.54) is 48.5 Å². The van der Waals surface area contributed by atoms with Crippen molar-refractivity contribution in [2.24, 2.45) is 0 Å². The maximum absolute atomic E-state index is 12.9. The van der Waals surface area contributed by atoms with E-state index in [0.717, 1.165) is 4.68 Å². The number of hydrogen-bond donors (Lipinski definition) is 0. The second-order valence-corrected chi connectivity index (χ2v) is 5.12. The van der Waals surface area contributed by atoms with E-state index < -0.39 is 29.9 Å². The summed E-state index contributed by atoms with van der Waals surface area (Å²) in [4.78, 5) is 23.5. The van der Waals surface area contributed by atoms with Crippen LogP contribution in [0.25, 0.3) is 11.5 Å². The van der Waals surface area contributed by atoms with Crippen molar-refractivity contribution in [3.63, 3.8) is 0 Å². The van der Waals surface area contributed by atoms with Gasteiger partial charge in [0, 0.05) is 5.56 Å². The van der Waals surface area contributed by atoms with Crippen molar-refractivity contribution in [1.82, 2.24) is 9.78 Å². The second-order valence-electron chi connectivity index (χ2n) is 5.12. The Morgan fingerprint density at radius 2 is 1.64 bits per heavy atom. The predicted molar refractivity (Wildman–Crippen MR) is 82.4 cm³/mol. The number of esters is 1. The average Bonchev–Trinajstić information content (AvgIpc) is 2.95. The van der Waals surface area contributed by atoms with Crippen molar-refractivity contribution in [1.29, 1.82) is 0 Å². The van der Waals surface area contributed by atoms with Gasteiger partial charge in [0.05, 0.1) is 0 Å². The Morgan fingerprint density at radius 3 is 2.28 bits per heavy atom. The first-order valence-electron chi connectivity index (χ1n) is 7.25. The lowest BCUT2D eigenvalue weighted by Gasteiger charge is -2.04. The van der Waals surface area contributed by atoms with Crippen LogP contribution in [0.3, 0.4) is 0 Å². The van der Waals surface area contributed by atoms with Crippen molar-refractivity contribution in [2.45, 2.75) is 13.2 Å². The molecule has 1 heterocycles. The summed E-state index contributed by atoms with van der Waals surface area (Å²) in [5.41, 5.74) is 1.01. The highest BCUT2D eigenvalue weighted by Gasteiger charge is 2.14. The fourth-order valence-corrected chi connectivity index (χ4v) is 2.03. The van der Waals surface area contributed by atoms with Crippen LogP contribution in [0.1, 0.15) is 5.56 Å². The highest BCUT2D eigenvalue weighted by Crippen LogP contribution is 2.15. The monoisotopic (exact) mass is 346 g/mol. The Labute approximate surface area is 140 Å². The Bertz CT molecular complexity index is 931. The quantitative estimate of drug-likeness (QED) is 0.664. The van der Waals surface area contributed by atoms with Gasteiger partial charge < -0.3 is 9.15 Å². The summed E-state index contributed by atoms with van der Waals surface area (Å²) >= 11 is 0. The van der Waals surface area contributed by atoms with Crippen LogP contribution in [0.4, 0.5) is 8.78 Å². The Kier molecular flexibility index (Phi) is 4.69. The molecule has 8 heteroatoms. The molecule has 0 amide bonds. The van der Waals surface area contributed by atoms with E-state index in [1.54, 1.807) is 0 Å². The molecule has 0 aliphatic heterocycles. The molecule has 0 unspecified atom stereocenters. The lowest BCUT2D eigenvalue weighted by molar-refractivity contribution is -0.146. The Hall–Kier alpha value is -3.29. The van der Waals surface area contributed by atoms with Crippen LogP contribution in [-0.4, -0.2) is 15.7 Å². The molecule has 0 saturated heterocycles. The van der Waals surface area contributed by atoms with Crippen LogP contribution >= 0.6 is 0 Å². The third-order valence-corrected chi connectivity index (χ3v) is 3.29. The highest BCUT2D eigenvalue weighted by atomic mass is 19.1. The van der Waals surface area contributed by atoms with Gasteiger partial charge in [-0.05, 0) is 42.0 Å². The zero-order valence-corrected chi connectivity index (χ0v) is 12.8. The first-order valence-corrected chi connectivity index (χ1v) is 7.25. The minimum absolute atomic E-state index is 0.0312. The van der Waals surface area contributed by atoms with Crippen LogP contribution in [0, 0.1) is 11.6 Å². The zero-order valence-electron chi connectivity index (χ0n) is 12.8. The minimum atomic E-state index is -0.835. The second kappa shape index (κ2) is 7.08. The van der Waals surface area contributed by atoms with Crippen LogP contribution < -0.4 is 5.76 Å². The molecule has 6 nitrogen and oxygen atoms in total. The number of benzene rings is 2. The smallest absolute Gasteiger partial charge is 0.437 e. The van der Waals surface area contributed by atoms with Crippen LogP contribution in [0.15, 0.2) is 57.7 Å². The molecule has 0 bridgehead atoms. The van der Waals surface area contributed by atoms with Crippen molar-refractivity contribution < 1.29 is 22.7 Å². The van der Waals surface area contributed by atoms with Crippen LogP contribution in [0.5, 0.6) is 0 Å². The van der Waals surface area contributed by atoms with Gasteiger partial charge in [0.25, 0.3) is 0 Å². The number of halogens is 2. The Morgan fingerprint density at radius 1 is 1.04 bits per heavy atom. The molecule has 0 saturated carbocycles. The highest BCUT2D eigenvalue weighted by molar-refractivity contribution is 5.69. The van der Waals surface area contributed by atoms with Crippen molar-refractivity contribution >= 4 is 5.97 Å². The summed E-state index contributed by atoms with van der Waals surface area (Å²) in [5.74, 6) is -2.40. The fraction of sp³-hybridized carbons (Fsp3) is 0.118. The molecule has 128 valence electrons. The molecule has 0 spiro atoms. The van der Waals surface area contributed by atoms with Gasteiger partial charge in [-0.2, -0.15) is 4.68 Å². The number of carbonyl (C=O) groups is 1. The van der Waals surface area contributed by atoms with Gasteiger partial charge in [0.15, 0.2) is 0 Å². The predicted octanol–water partition coefficient (Wildman–Crippen LogP) is 2.52. The zero-order chi connectivity index (χ0) is 17.8. The van der Waals surface area contributed by atoms with Gasteiger partial charge in [-0.1, -0.05) is 12.1 Å². The standard InChI is InChI=1S/C17H12F2N2O4/c18-13-5-1-11(2-6-13)10-24-15(22)9-21-17(23)25-16(20-21)12-3-7-14(19)8-4-12/h1-8H,9-10H2. The SMILES string of the molecule is O=C(Cn1nc(-c2ccc(F)cc2)oc1=O)OCc1ccc(F)cc1. The lowest BCUT2D eigenvalue weighted by Crippen LogP contribution is -2.22. The molecule has 0 atom stereocenters. The van der Waals surface area contributed by atoms with E-state index in [-0.39, 0.29) is 12.5 Å². The third-order valence-electron chi connectivity index (χ3n) is 3.29. The molecule has 3 rings (SSSR count). The summed E-state index contributed by atoms with van der Waals surface area (Å²) in [6.45, 7) is -0.499. The van der Waals surface area contributed by atoms with E-state index in [2.05, 4.69) is 5.10 Å². The topological polar surface area (TPSA) is 74.3 Å². The summed E-state index contributed by atoms with van der Waals surface area (Å²) < 4.78 is 36.5. The number of nitrogens with zero attached hydrogens (tertiary/aromatic N) is 2. The molecule has 0 N–H and O–H groups in total. The summed E-state index contributed by atoms with van der Waals surface area (Å²) in [7, 11) is 0. The van der Waals surface area contributed by atoms with Gasteiger partial charge in [-0.15, -0.1) is 5.10 Å². The maximum Gasteiger partial charge on any atom is 0.437 e. The van der Waals surface area contributed by atoms with Crippen molar-refractivity contribution in [2.75, 3.05) is 0 Å². The molecule has 0 aliphatic carbocycles. The lowest BCUT2D eigenvalue weighted by atomic mass is 10.2. The maximum atomic E-state index is 12.9. The molecule has 0 radical (unpaired) electrons. The molecular weight excluding hydrogens is 334 g/mol. The molecule has 25 heavy (non-hydrogen) atoms. The molecule has 0 fully saturated rings. The van der Waals surface area contributed by atoms with Crippen molar-refractivity contribution in [3.8, 4) is 11.5 Å². The largest absolute Gasteiger partial charge is 0.459 e. The first-order chi connectivity index (χ1) is 12.0. The fourth-order valence-electron chi connectivity index (χ4n) is 2.03. The van der Waals surface area contributed by atoms with E-state index >= 15 is 0 Å². The van der Waals surface area contributed by atoms with E-state index in [9.17, 15) is 18.4 Å². The average molecular weight is 346 g/mol. The van der Waals surface area contributed by atoms with Crippen molar-refractivity contribution in [3.05, 3.63) is 76.3 Å². The van der Waals surface area contributed by atoms with E-state index in [0.29, 0.717) is 11.1 Å². The number of rotatable bonds is 5. The molecular formula is C17H12F2N2O4. The van der Waals surface area contributed by atoms with E-state index in [1.807, 2.05) is 0 Å². The molecule has 0 aliphatic rings. The van der Waals surface area contributed by atoms with Gasteiger partial charge in [0.2, 0.25) is 5.89 Å². The summed E-state index contributed by atoms with van der Waals surface area (Å²) in [6, 6.07) is 10.7. The summed E-state index contributed by atoms with van der Waals surface area (Å²) in [5, 5.41) is 3.88. The molecule has 2 aromatic carbocycles. The number of hydrogen-bond acceptors (Lipinski definition) is 5. The van der Waals surface area contributed by atoms with Gasteiger partial charge in [-0.3, -0.25) is 4.79 Å². The first kappa shape index (κ1) is 16.6. The van der Waals surface area contributed by atoms with Crippen LogP contribution in [0.2, 0.25) is 0 Å². The number of aromatic nitrogens is 2. The third kappa shape index (κ3) is 4.17. The number of carbonyl (C=O) groups excluding carboxylic acids is 1. The van der Waals surface area contributed by atoms with Gasteiger partial charge in [0.1, 0.15) is 24.8 Å². The van der Waals surface area contributed by atoms with Gasteiger partial charge in [-0.25, -0.2) is 13.6 Å². The molecule has 3 aromatic rings. The Balaban J connectivity index is 1.64. The normalized spacial score (nSPS) is 10.6. The van der Waals surface area contributed by atoms with Gasteiger partial charge >= 0.3 is 11.7 Å².